The van der Waals surface area contributed by atoms with E-state index in [-0.39, 0.29) is 0 Å². The Bertz CT molecular complexity index is 141. The second kappa shape index (κ2) is 3.80. The molecule has 1 rings (SSSR count). The van der Waals surface area contributed by atoms with Crippen LogP contribution in [-0.2, 0) is 0 Å². The smallest absolute Gasteiger partial charge is 0.0175 e. The molecule has 1 heterocycles. The normalized spacial score (nSPS) is 20.0. The van der Waals surface area contributed by atoms with E-state index in [1.165, 1.54) is 31.6 Å². The van der Waals surface area contributed by atoms with Crippen LogP contribution in [0.4, 0.5) is 0 Å². The molecule has 0 spiro atoms. The first-order valence-electron chi connectivity index (χ1n) is 4.63. The Morgan fingerprint density at radius 1 is 1.27 bits per heavy atom. The topological polar surface area (TPSA) is 3.24 Å². The van der Waals surface area contributed by atoms with Crippen LogP contribution in [0.2, 0.25) is 0 Å². The molecule has 64 valence electrons. The van der Waals surface area contributed by atoms with E-state index in [4.69, 9.17) is 0 Å². The second-order valence-electron chi connectivity index (χ2n) is 3.75. The quantitative estimate of drug-likeness (QED) is 0.589. The van der Waals surface area contributed by atoms with Crippen LogP contribution in [0.15, 0.2) is 11.8 Å². The maximum Gasteiger partial charge on any atom is 0.0175 e. The average Bonchev–Trinajstić information content (AvgIpc) is 2.35. The molecule has 0 N–H and O–H groups in total. The summed E-state index contributed by atoms with van der Waals surface area (Å²) in [6.45, 7) is 9.24. The molecule has 1 heteroatoms. The van der Waals surface area contributed by atoms with E-state index in [2.05, 4.69) is 31.7 Å². The fourth-order valence-electron chi connectivity index (χ4n) is 1.66. The van der Waals surface area contributed by atoms with E-state index >= 15 is 0 Å². The molecule has 11 heavy (non-hydrogen) atoms. The Kier molecular flexibility index (Phi) is 2.98. The molecular formula is C10H19N. The second-order valence-corrected chi connectivity index (χ2v) is 3.75. The maximum absolute atomic E-state index is 2.49. The van der Waals surface area contributed by atoms with Gasteiger partial charge in [-0.15, -0.1) is 0 Å². The maximum atomic E-state index is 2.49. The minimum absolute atomic E-state index is 0.690. The lowest BCUT2D eigenvalue weighted by Crippen LogP contribution is -2.16. The zero-order valence-corrected chi connectivity index (χ0v) is 7.93. The standard InChI is InChI=1S/C10H19N/c1-9(2)8-10(3)11-6-4-5-7-11/h8-9H,4-7H2,1-3H3/b10-8-. The van der Waals surface area contributed by atoms with Gasteiger partial charge in [-0.05, 0) is 25.7 Å². The van der Waals surface area contributed by atoms with Gasteiger partial charge >= 0.3 is 0 Å². The van der Waals surface area contributed by atoms with Crippen molar-refractivity contribution in [2.45, 2.75) is 33.6 Å². The summed E-state index contributed by atoms with van der Waals surface area (Å²) in [6.07, 6.45) is 5.11. The Balaban J connectivity index is 2.45. The van der Waals surface area contributed by atoms with E-state index < -0.39 is 0 Å². The number of nitrogens with zero attached hydrogens (tertiary/aromatic N) is 1. The molecule has 1 nitrogen and oxygen atoms in total. The highest BCUT2D eigenvalue weighted by Crippen LogP contribution is 2.15. The Hall–Kier alpha value is -0.460. The number of hydrogen-bond acceptors (Lipinski definition) is 1. The molecule has 0 atom stereocenters. The van der Waals surface area contributed by atoms with Gasteiger partial charge in [-0.3, -0.25) is 0 Å². The summed E-state index contributed by atoms with van der Waals surface area (Å²) in [6, 6.07) is 0. The lowest BCUT2D eigenvalue weighted by atomic mass is 10.2. The van der Waals surface area contributed by atoms with E-state index in [1.54, 1.807) is 0 Å². The summed E-state index contributed by atoms with van der Waals surface area (Å²) in [4.78, 5) is 2.49. The molecule has 0 amide bonds. The van der Waals surface area contributed by atoms with E-state index in [0.29, 0.717) is 5.92 Å². The van der Waals surface area contributed by atoms with Crippen molar-refractivity contribution in [3.63, 3.8) is 0 Å². The summed E-state index contributed by atoms with van der Waals surface area (Å²) in [7, 11) is 0. The van der Waals surface area contributed by atoms with Crippen LogP contribution in [0.3, 0.4) is 0 Å². The molecule has 0 bridgehead atoms. The van der Waals surface area contributed by atoms with Crippen LogP contribution in [0, 0.1) is 5.92 Å². The van der Waals surface area contributed by atoms with Crippen LogP contribution in [0.1, 0.15) is 33.6 Å². The summed E-state index contributed by atoms with van der Waals surface area (Å²) < 4.78 is 0. The number of likely N-dealkylation sites (tertiary alicyclic amines) is 1. The van der Waals surface area contributed by atoms with Crippen LogP contribution < -0.4 is 0 Å². The molecule has 0 aromatic rings. The minimum atomic E-state index is 0.690. The van der Waals surface area contributed by atoms with E-state index in [0.717, 1.165) is 0 Å². The van der Waals surface area contributed by atoms with Gasteiger partial charge in [0.15, 0.2) is 0 Å². The van der Waals surface area contributed by atoms with Crippen molar-refractivity contribution in [3.8, 4) is 0 Å². The van der Waals surface area contributed by atoms with Gasteiger partial charge in [0.05, 0.1) is 0 Å². The number of hydrogen-bond donors (Lipinski definition) is 0. The van der Waals surface area contributed by atoms with Gasteiger partial charge in [-0.25, -0.2) is 0 Å². The molecule has 1 fully saturated rings. The van der Waals surface area contributed by atoms with Crippen molar-refractivity contribution in [2.24, 2.45) is 5.92 Å². The highest BCUT2D eigenvalue weighted by molar-refractivity contribution is 5.00. The van der Waals surface area contributed by atoms with Crippen molar-refractivity contribution in [1.82, 2.24) is 4.90 Å². The Morgan fingerprint density at radius 3 is 2.27 bits per heavy atom. The first kappa shape index (κ1) is 8.63. The highest BCUT2D eigenvalue weighted by Gasteiger charge is 2.10. The zero-order chi connectivity index (χ0) is 8.27. The lowest BCUT2D eigenvalue weighted by Gasteiger charge is -2.18. The van der Waals surface area contributed by atoms with Crippen molar-refractivity contribution < 1.29 is 0 Å². The van der Waals surface area contributed by atoms with Gasteiger partial charge in [-0.1, -0.05) is 19.9 Å². The summed E-state index contributed by atoms with van der Waals surface area (Å²) in [5.41, 5.74) is 1.47. The summed E-state index contributed by atoms with van der Waals surface area (Å²) in [5.74, 6) is 0.690. The fraction of sp³-hybridized carbons (Fsp3) is 0.800. The van der Waals surface area contributed by atoms with Crippen molar-refractivity contribution in [3.05, 3.63) is 11.8 Å². The van der Waals surface area contributed by atoms with Crippen molar-refractivity contribution in [2.75, 3.05) is 13.1 Å². The molecular weight excluding hydrogens is 134 g/mol. The van der Waals surface area contributed by atoms with Crippen LogP contribution in [0.25, 0.3) is 0 Å². The molecule has 0 saturated carbocycles. The van der Waals surface area contributed by atoms with Gasteiger partial charge in [0.1, 0.15) is 0 Å². The van der Waals surface area contributed by atoms with E-state index in [9.17, 15) is 0 Å². The van der Waals surface area contributed by atoms with Gasteiger partial charge in [0, 0.05) is 18.8 Å². The summed E-state index contributed by atoms with van der Waals surface area (Å²) >= 11 is 0. The monoisotopic (exact) mass is 153 g/mol. The van der Waals surface area contributed by atoms with Crippen LogP contribution in [0.5, 0.6) is 0 Å². The Morgan fingerprint density at radius 2 is 1.82 bits per heavy atom. The molecule has 0 aliphatic carbocycles. The van der Waals surface area contributed by atoms with Crippen molar-refractivity contribution in [1.29, 1.82) is 0 Å². The van der Waals surface area contributed by atoms with Crippen LogP contribution >= 0.6 is 0 Å². The molecule has 1 aliphatic rings. The fourth-order valence-corrected chi connectivity index (χ4v) is 1.66. The van der Waals surface area contributed by atoms with Gasteiger partial charge < -0.3 is 4.90 Å². The van der Waals surface area contributed by atoms with Gasteiger partial charge in [0.25, 0.3) is 0 Å². The first-order valence-corrected chi connectivity index (χ1v) is 4.63. The molecule has 0 unspecified atom stereocenters. The molecule has 0 aromatic heterocycles. The van der Waals surface area contributed by atoms with E-state index in [1.807, 2.05) is 0 Å². The molecule has 1 aliphatic heterocycles. The van der Waals surface area contributed by atoms with Crippen LogP contribution in [-0.4, -0.2) is 18.0 Å². The van der Waals surface area contributed by atoms with Gasteiger partial charge in [0.2, 0.25) is 0 Å². The molecule has 1 saturated heterocycles. The molecule has 0 radical (unpaired) electrons. The SMILES string of the molecule is C/C(=C/C(C)C)N1CCCC1. The average molecular weight is 153 g/mol. The van der Waals surface area contributed by atoms with Gasteiger partial charge in [-0.2, -0.15) is 0 Å². The largest absolute Gasteiger partial charge is 0.375 e. The lowest BCUT2D eigenvalue weighted by molar-refractivity contribution is 0.423. The Labute approximate surface area is 70.1 Å². The third-order valence-electron chi connectivity index (χ3n) is 2.18. The predicted molar refractivity (Wildman–Crippen MR) is 49.4 cm³/mol. The highest BCUT2D eigenvalue weighted by atomic mass is 15.1. The van der Waals surface area contributed by atoms with Crippen molar-refractivity contribution >= 4 is 0 Å². The zero-order valence-electron chi connectivity index (χ0n) is 7.93. The first-order chi connectivity index (χ1) is 5.20. The number of rotatable bonds is 2. The summed E-state index contributed by atoms with van der Waals surface area (Å²) in [5, 5.41) is 0. The predicted octanol–water partition coefficient (Wildman–Crippen LogP) is 2.64. The number of allylic oxidation sites excluding steroid dienone is 2. The minimum Gasteiger partial charge on any atom is -0.375 e. The third kappa shape index (κ3) is 2.57. The third-order valence-corrected chi connectivity index (χ3v) is 2.18. The molecule has 0 aromatic carbocycles.